The zero-order valence-corrected chi connectivity index (χ0v) is 13.4. The molecule has 2 aromatic heterocycles. The van der Waals surface area contributed by atoms with E-state index in [0.717, 1.165) is 32.0 Å². The van der Waals surface area contributed by atoms with Crippen molar-refractivity contribution >= 4 is 22.9 Å². The van der Waals surface area contributed by atoms with Crippen molar-refractivity contribution in [2.45, 2.75) is 6.54 Å². The first-order valence-corrected chi connectivity index (χ1v) is 8.13. The van der Waals surface area contributed by atoms with Crippen LogP contribution in [0, 0.1) is 0 Å². The smallest absolute Gasteiger partial charge is 0.254 e. The van der Waals surface area contributed by atoms with Crippen molar-refractivity contribution in [3.8, 4) is 20.9 Å². The summed E-state index contributed by atoms with van der Waals surface area (Å²) in [5, 5.41) is 0. The summed E-state index contributed by atoms with van der Waals surface area (Å²) in [5.74, 6) is 0.0960. The molecule has 1 amide bonds. The number of nitrogens with two attached hydrogens (primary N) is 1. The molecule has 3 aromatic rings. The first kappa shape index (κ1) is 14.0. The SMILES string of the molecule is CN1Cc2ccc(-c3ccc(-c4cncc(N)c4)s3)cc2C1=O. The summed E-state index contributed by atoms with van der Waals surface area (Å²) < 4.78 is 0. The molecule has 114 valence electrons. The molecule has 0 saturated heterocycles. The normalized spacial score (nSPS) is 13.4. The van der Waals surface area contributed by atoms with Gasteiger partial charge in [0.25, 0.3) is 5.91 Å². The van der Waals surface area contributed by atoms with Crippen LogP contribution in [0.5, 0.6) is 0 Å². The Morgan fingerprint density at radius 2 is 1.87 bits per heavy atom. The van der Waals surface area contributed by atoms with Crippen molar-refractivity contribution in [3.63, 3.8) is 0 Å². The second kappa shape index (κ2) is 5.21. The summed E-state index contributed by atoms with van der Waals surface area (Å²) in [7, 11) is 1.83. The lowest BCUT2D eigenvalue weighted by molar-refractivity contribution is 0.0816. The number of fused-ring (bicyclic) bond motifs is 1. The molecular weight excluding hydrogens is 306 g/mol. The van der Waals surface area contributed by atoms with Gasteiger partial charge in [0.15, 0.2) is 0 Å². The molecule has 5 heteroatoms. The van der Waals surface area contributed by atoms with Gasteiger partial charge in [0.05, 0.1) is 5.69 Å². The highest BCUT2D eigenvalue weighted by Gasteiger charge is 2.24. The molecule has 0 spiro atoms. The van der Waals surface area contributed by atoms with Crippen molar-refractivity contribution in [3.05, 3.63) is 59.9 Å². The second-order valence-corrected chi connectivity index (χ2v) is 6.79. The first-order chi connectivity index (χ1) is 11.1. The molecule has 1 aliphatic rings. The lowest BCUT2D eigenvalue weighted by Crippen LogP contribution is -2.17. The number of hydrogen-bond donors (Lipinski definition) is 1. The third kappa shape index (κ3) is 2.39. The van der Waals surface area contributed by atoms with Gasteiger partial charge < -0.3 is 10.6 Å². The fraction of sp³-hybridized carbons (Fsp3) is 0.111. The van der Waals surface area contributed by atoms with Crippen LogP contribution in [0.2, 0.25) is 0 Å². The van der Waals surface area contributed by atoms with E-state index in [9.17, 15) is 4.79 Å². The predicted molar refractivity (Wildman–Crippen MR) is 93.2 cm³/mol. The number of hydrogen-bond acceptors (Lipinski definition) is 4. The van der Waals surface area contributed by atoms with Crippen molar-refractivity contribution < 1.29 is 4.79 Å². The topological polar surface area (TPSA) is 59.2 Å². The quantitative estimate of drug-likeness (QED) is 0.784. The standard InChI is InChI=1S/C18H15N3OS/c1-21-10-12-3-2-11(7-15(12)18(21)22)16-4-5-17(23-16)13-6-14(19)9-20-8-13/h2-9H,10,19H2,1H3. The maximum absolute atomic E-state index is 12.2. The Kier molecular flexibility index (Phi) is 3.16. The number of thiophene rings is 1. The van der Waals surface area contributed by atoms with Gasteiger partial charge in [-0.25, -0.2) is 0 Å². The van der Waals surface area contributed by atoms with E-state index < -0.39 is 0 Å². The summed E-state index contributed by atoms with van der Waals surface area (Å²) >= 11 is 1.67. The van der Waals surface area contributed by atoms with Crippen molar-refractivity contribution in [2.75, 3.05) is 12.8 Å². The minimum Gasteiger partial charge on any atom is -0.397 e. The molecule has 0 aliphatic carbocycles. The molecule has 1 aliphatic heterocycles. The molecule has 4 nitrogen and oxygen atoms in total. The summed E-state index contributed by atoms with van der Waals surface area (Å²) in [6, 6.07) is 12.2. The third-order valence-electron chi connectivity index (χ3n) is 4.03. The molecule has 2 N–H and O–H groups in total. The molecule has 4 rings (SSSR count). The molecule has 3 heterocycles. The summed E-state index contributed by atoms with van der Waals surface area (Å²) in [4.78, 5) is 20.3. The minimum atomic E-state index is 0.0960. The van der Waals surface area contributed by atoms with E-state index in [4.69, 9.17) is 5.73 Å². The van der Waals surface area contributed by atoms with E-state index in [1.807, 2.05) is 31.4 Å². The number of rotatable bonds is 2. The van der Waals surface area contributed by atoms with Crippen LogP contribution in [-0.2, 0) is 6.54 Å². The molecule has 0 bridgehead atoms. The molecule has 1 aromatic carbocycles. The number of aromatic nitrogens is 1. The van der Waals surface area contributed by atoms with Gasteiger partial charge in [-0.1, -0.05) is 12.1 Å². The zero-order chi connectivity index (χ0) is 16.0. The van der Waals surface area contributed by atoms with E-state index in [0.29, 0.717) is 12.2 Å². The highest BCUT2D eigenvalue weighted by molar-refractivity contribution is 7.18. The molecule has 0 unspecified atom stereocenters. The summed E-state index contributed by atoms with van der Waals surface area (Å²) in [5.41, 5.74) is 10.4. The lowest BCUT2D eigenvalue weighted by atomic mass is 10.1. The van der Waals surface area contributed by atoms with Crippen molar-refractivity contribution in [1.29, 1.82) is 0 Å². The maximum atomic E-state index is 12.2. The van der Waals surface area contributed by atoms with Gasteiger partial charge in [0, 0.05) is 46.9 Å². The summed E-state index contributed by atoms with van der Waals surface area (Å²) in [6.45, 7) is 0.694. The number of carbonyl (C=O) groups is 1. The highest BCUT2D eigenvalue weighted by atomic mass is 32.1. The molecule has 23 heavy (non-hydrogen) atoms. The Morgan fingerprint density at radius 3 is 2.65 bits per heavy atom. The van der Waals surface area contributed by atoms with Gasteiger partial charge >= 0.3 is 0 Å². The average Bonchev–Trinajstić information content (AvgIpc) is 3.14. The van der Waals surface area contributed by atoms with E-state index in [2.05, 4.69) is 23.2 Å². The van der Waals surface area contributed by atoms with Crippen LogP contribution in [0.15, 0.2) is 48.8 Å². The summed E-state index contributed by atoms with van der Waals surface area (Å²) in [6.07, 6.45) is 3.45. The third-order valence-corrected chi connectivity index (χ3v) is 5.21. The maximum Gasteiger partial charge on any atom is 0.254 e. The molecule has 0 saturated carbocycles. The Morgan fingerprint density at radius 1 is 1.09 bits per heavy atom. The number of nitrogens with zero attached hydrogens (tertiary/aromatic N) is 2. The average molecular weight is 321 g/mol. The number of pyridine rings is 1. The number of amides is 1. The van der Waals surface area contributed by atoms with Crippen molar-refractivity contribution in [2.24, 2.45) is 0 Å². The first-order valence-electron chi connectivity index (χ1n) is 7.31. The van der Waals surface area contributed by atoms with Crippen molar-refractivity contribution in [1.82, 2.24) is 9.88 Å². The van der Waals surface area contributed by atoms with E-state index in [1.165, 1.54) is 0 Å². The van der Waals surface area contributed by atoms with Crippen LogP contribution < -0.4 is 5.73 Å². The van der Waals surface area contributed by atoms with Gasteiger partial charge in [-0.05, 0) is 35.4 Å². The van der Waals surface area contributed by atoms with E-state index in [-0.39, 0.29) is 5.91 Å². The largest absolute Gasteiger partial charge is 0.397 e. The highest BCUT2D eigenvalue weighted by Crippen LogP contribution is 2.36. The minimum absolute atomic E-state index is 0.0960. The van der Waals surface area contributed by atoms with Gasteiger partial charge in [0.1, 0.15) is 0 Å². The van der Waals surface area contributed by atoms with Crippen LogP contribution in [0.25, 0.3) is 20.9 Å². The molecule has 0 radical (unpaired) electrons. The van der Waals surface area contributed by atoms with Gasteiger partial charge in [0.2, 0.25) is 0 Å². The number of anilines is 1. The molecule has 0 fully saturated rings. The second-order valence-electron chi connectivity index (χ2n) is 5.70. The Balaban J connectivity index is 1.72. The van der Waals surface area contributed by atoms with Gasteiger partial charge in [-0.15, -0.1) is 11.3 Å². The van der Waals surface area contributed by atoms with Crippen LogP contribution in [0.4, 0.5) is 5.69 Å². The number of nitrogen functional groups attached to an aromatic ring is 1. The van der Waals surface area contributed by atoms with Crippen LogP contribution in [-0.4, -0.2) is 22.8 Å². The number of benzene rings is 1. The fourth-order valence-corrected chi connectivity index (χ4v) is 3.82. The van der Waals surface area contributed by atoms with Crippen LogP contribution >= 0.6 is 11.3 Å². The van der Waals surface area contributed by atoms with Gasteiger partial charge in [-0.3, -0.25) is 9.78 Å². The fourth-order valence-electron chi connectivity index (χ4n) is 2.84. The monoisotopic (exact) mass is 321 g/mol. The Hall–Kier alpha value is -2.66. The van der Waals surface area contributed by atoms with E-state index >= 15 is 0 Å². The van der Waals surface area contributed by atoms with E-state index in [1.54, 1.807) is 22.4 Å². The Labute approximate surface area is 138 Å². The Bertz CT molecular complexity index is 916. The molecular formula is C18H15N3OS. The van der Waals surface area contributed by atoms with Crippen LogP contribution in [0.1, 0.15) is 15.9 Å². The van der Waals surface area contributed by atoms with Crippen LogP contribution in [0.3, 0.4) is 0 Å². The molecule has 0 atom stereocenters. The zero-order valence-electron chi connectivity index (χ0n) is 12.6. The predicted octanol–water partition coefficient (Wildman–Crippen LogP) is 3.64. The number of carbonyl (C=O) groups excluding carboxylic acids is 1. The van der Waals surface area contributed by atoms with Gasteiger partial charge in [-0.2, -0.15) is 0 Å². The lowest BCUT2D eigenvalue weighted by Gasteiger charge is -2.04.